The first-order valence-corrected chi connectivity index (χ1v) is 9.22. The van der Waals surface area contributed by atoms with Gasteiger partial charge in [-0.2, -0.15) is 0 Å². The highest BCUT2D eigenvalue weighted by molar-refractivity contribution is 5.79. The maximum Gasteiger partial charge on any atom is 0.225 e. The summed E-state index contributed by atoms with van der Waals surface area (Å²) >= 11 is 0. The molecule has 1 N–H and O–H groups in total. The Kier molecular flexibility index (Phi) is 5.65. The number of amides is 1. The van der Waals surface area contributed by atoms with E-state index in [2.05, 4.69) is 28.2 Å². The van der Waals surface area contributed by atoms with E-state index in [0.717, 1.165) is 45.2 Å². The van der Waals surface area contributed by atoms with Crippen LogP contribution in [0.25, 0.3) is 0 Å². The Hall–Kier alpha value is -1.42. The van der Waals surface area contributed by atoms with E-state index in [9.17, 15) is 4.79 Å². The van der Waals surface area contributed by atoms with Gasteiger partial charge in [-0.05, 0) is 37.3 Å². The highest BCUT2D eigenvalue weighted by Gasteiger charge is 2.32. The number of pyridine rings is 1. The summed E-state index contributed by atoms with van der Waals surface area (Å²) in [4.78, 5) is 18.9. The summed E-state index contributed by atoms with van der Waals surface area (Å²) in [5.74, 6) is 0.707. The molecule has 0 unspecified atom stereocenters. The van der Waals surface area contributed by atoms with Gasteiger partial charge in [-0.3, -0.25) is 9.78 Å². The zero-order chi connectivity index (χ0) is 16.1. The minimum Gasteiger partial charge on any atom is -0.341 e. The Balaban J connectivity index is 1.56. The molecule has 1 aromatic rings. The molecule has 0 radical (unpaired) electrons. The third kappa shape index (κ3) is 4.11. The van der Waals surface area contributed by atoms with Crippen molar-refractivity contribution in [2.45, 2.75) is 64.0 Å². The predicted molar refractivity (Wildman–Crippen MR) is 92.0 cm³/mol. The molecule has 1 aromatic heterocycles. The molecule has 1 saturated carbocycles. The van der Waals surface area contributed by atoms with Gasteiger partial charge in [-0.15, -0.1) is 0 Å². The van der Waals surface area contributed by atoms with Crippen LogP contribution < -0.4 is 5.32 Å². The maximum atomic E-state index is 12.6. The van der Waals surface area contributed by atoms with Crippen LogP contribution in [0.1, 0.15) is 63.5 Å². The van der Waals surface area contributed by atoms with Crippen molar-refractivity contribution in [3.05, 3.63) is 30.1 Å². The molecule has 23 heavy (non-hydrogen) atoms. The molecule has 2 atom stereocenters. The molecule has 2 heterocycles. The molecular formula is C19H29N3O. The van der Waals surface area contributed by atoms with Crippen molar-refractivity contribution in [1.82, 2.24) is 15.2 Å². The van der Waals surface area contributed by atoms with Gasteiger partial charge < -0.3 is 10.2 Å². The van der Waals surface area contributed by atoms with Gasteiger partial charge in [0.1, 0.15) is 0 Å². The zero-order valence-electron chi connectivity index (χ0n) is 14.2. The lowest BCUT2D eigenvalue weighted by molar-refractivity contribution is -0.134. The van der Waals surface area contributed by atoms with Crippen LogP contribution in [0.5, 0.6) is 0 Å². The monoisotopic (exact) mass is 315 g/mol. The number of nitrogens with one attached hydrogen (secondary N) is 1. The summed E-state index contributed by atoms with van der Waals surface area (Å²) in [7, 11) is 0. The van der Waals surface area contributed by atoms with Gasteiger partial charge in [0.25, 0.3) is 0 Å². The second-order valence-corrected chi connectivity index (χ2v) is 7.05. The number of rotatable bonds is 6. The van der Waals surface area contributed by atoms with Crippen LogP contribution in [0.4, 0.5) is 0 Å². The van der Waals surface area contributed by atoms with E-state index in [1.165, 1.54) is 18.4 Å². The molecule has 0 bridgehead atoms. The Labute approximate surface area is 139 Å². The van der Waals surface area contributed by atoms with Gasteiger partial charge in [-0.25, -0.2) is 0 Å². The number of aromatic nitrogens is 1. The fourth-order valence-corrected chi connectivity index (χ4v) is 4.03. The third-order valence-electron chi connectivity index (χ3n) is 5.31. The number of hydrogen-bond donors (Lipinski definition) is 1. The van der Waals surface area contributed by atoms with Gasteiger partial charge in [-0.1, -0.05) is 32.3 Å². The molecule has 0 aromatic carbocycles. The molecule has 4 heteroatoms. The maximum absolute atomic E-state index is 12.6. The van der Waals surface area contributed by atoms with E-state index in [4.69, 9.17) is 0 Å². The first-order chi connectivity index (χ1) is 11.3. The number of carbonyl (C=O) groups is 1. The predicted octanol–water partition coefficient (Wildman–Crippen LogP) is 3.30. The molecule has 2 aliphatic rings. The first kappa shape index (κ1) is 16.4. The average Bonchev–Trinajstić information content (AvgIpc) is 3.27. The van der Waals surface area contributed by atoms with E-state index in [1.807, 2.05) is 18.5 Å². The standard InChI is InChI=1S/C19H29N3O/c1-2-6-18(16-9-5-11-20-13-16)21-17-10-12-22(14-17)19(23)15-7-3-4-8-15/h5,9,11,13,15,17-18,21H,2-4,6-8,10,12,14H2,1H3/t17-,18+/m0/s1. The minimum absolute atomic E-state index is 0.304. The molecule has 1 amide bonds. The van der Waals surface area contributed by atoms with Crippen molar-refractivity contribution in [2.24, 2.45) is 5.92 Å². The van der Waals surface area contributed by atoms with Crippen LogP contribution in [0.2, 0.25) is 0 Å². The number of hydrogen-bond acceptors (Lipinski definition) is 3. The number of carbonyl (C=O) groups excluding carboxylic acids is 1. The summed E-state index contributed by atoms with van der Waals surface area (Å²) in [5, 5.41) is 3.77. The molecule has 1 aliphatic heterocycles. The van der Waals surface area contributed by atoms with Crippen LogP contribution >= 0.6 is 0 Å². The first-order valence-electron chi connectivity index (χ1n) is 9.22. The summed E-state index contributed by atoms with van der Waals surface area (Å²) in [5.41, 5.74) is 1.26. The molecule has 1 aliphatic carbocycles. The lowest BCUT2D eigenvalue weighted by Gasteiger charge is -2.24. The van der Waals surface area contributed by atoms with Gasteiger partial charge in [0.2, 0.25) is 5.91 Å². The molecule has 3 rings (SSSR count). The van der Waals surface area contributed by atoms with Gasteiger partial charge in [0.05, 0.1) is 0 Å². The van der Waals surface area contributed by atoms with Gasteiger partial charge in [0, 0.05) is 43.5 Å². The van der Waals surface area contributed by atoms with Crippen molar-refractivity contribution in [3.8, 4) is 0 Å². The highest BCUT2D eigenvalue weighted by Crippen LogP contribution is 2.28. The van der Waals surface area contributed by atoms with E-state index in [0.29, 0.717) is 23.9 Å². The highest BCUT2D eigenvalue weighted by atomic mass is 16.2. The second kappa shape index (κ2) is 7.91. The Morgan fingerprint density at radius 3 is 2.91 bits per heavy atom. The average molecular weight is 315 g/mol. The van der Waals surface area contributed by atoms with E-state index < -0.39 is 0 Å². The lowest BCUT2D eigenvalue weighted by Crippen LogP contribution is -2.38. The van der Waals surface area contributed by atoms with E-state index >= 15 is 0 Å². The van der Waals surface area contributed by atoms with E-state index in [-0.39, 0.29) is 0 Å². The Morgan fingerprint density at radius 2 is 2.22 bits per heavy atom. The van der Waals surface area contributed by atoms with E-state index in [1.54, 1.807) is 0 Å². The van der Waals surface area contributed by atoms with Crippen molar-refractivity contribution < 1.29 is 4.79 Å². The fourth-order valence-electron chi connectivity index (χ4n) is 4.03. The van der Waals surface area contributed by atoms with Gasteiger partial charge >= 0.3 is 0 Å². The quantitative estimate of drug-likeness (QED) is 0.876. The number of nitrogens with zero attached hydrogens (tertiary/aromatic N) is 2. The molecule has 126 valence electrons. The van der Waals surface area contributed by atoms with Crippen molar-refractivity contribution >= 4 is 5.91 Å². The third-order valence-corrected chi connectivity index (χ3v) is 5.31. The topological polar surface area (TPSA) is 45.2 Å². The Morgan fingerprint density at radius 1 is 1.39 bits per heavy atom. The molecule has 4 nitrogen and oxygen atoms in total. The summed E-state index contributed by atoms with van der Waals surface area (Å²) in [6, 6.07) is 4.92. The largest absolute Gasteiger partial charge is 0.341 e. The summed E-state index contributed by atoms with van der Waals surface area (Å²) < 4.78 is 0. The Bertz CT molecular complexity index is 499. The van der Waals surface area contributed by atoms with Crippen molar-refractivity contribution in [1.29, 1.82) is 0 Å². The molecule has 0 spiro atoms. The van der Waals surface area contributed by atoms with Crippen LogP contribution in [0.3, 0.4) is 0 Å². The minimum atomic E-state index is 0.304. The molecule has 2 fully saturated rings. The summed E-state index contributed by atoms with van der Waals surface area (Å²) in [6.45, 7) is 4.00. The lowest BCUT2D eigenvalue weighted by atomic mass is 10.0. The SMILES string of the molecule is CCC[C@@H](N[C@H]1CCN(C(=O)C2CCCC2)C1)c1cccnc1. The zero-order valence-corrected chi connectivity index (χ0v) is 14.2. The van der Waals surface area contributed by atoms with Crippen molar-refractivity contribution in [3.63, 3.8) is 0 Å². The summed E-state index contributed by atoms with van der Waals surface area (Å²) in [6.07, 6.45) is 11.8. The molecule has 1 saturated heterocycles. The fraction of sp³-hybridized carbons (Fsp3) is 0.684. The second-order valence-electron chi connectivity index (χ2n) is 7.05. The van der Waals surface area contributed by atoms with Crippen LogP contribution in [0.15, 0.2) is 24.5 Å². The van der Waals surface area contributed by atoms with Gasteiger partial charge in [0.15, 0.2) is 0 Å². The smallest absolute Gasteiger partial charge is 0.225 e. The van der Waals surface area contributed by atoms with Crippen LogP contribution in [-0.2, 0) is 4.79 Å². The van der Waals surface area contributed by atoms with Crippen LogP contribution in [-0.4, -0.2) is 34.9 Å². The van der Waals surface area contributed by atoms with Crippen molar-refractivity contribution in [2.75, 3.05) is 13.1 Å². The molecular weight excluding hydrogens is 286 g/mol. The normalized spacial score (nSPS) is 23.3. The number of likely N-dealkylation sites (tertiary alicyclic amines) is 1. The van der Waals surface area contributed by atoms with Crippen LogP contribution in [0, 0.1) is 5.92 Å².